The van der Waals surface area contributed by atoms with Gasteiger partial charge in [0.2, 0.25) is 0 Å². The summed E-state index contributed by atoms with van der Waals surface area (Å²) < 4.78 is 17.2. The first kappa shape index (κ1) is 79.2. The molecule has 0 fully saturated rings. The van der Waals surface area contributed by atoms with E-state index in [0.29, 0.717) is 5.56 Å². The van der Waals surface area contributed by atoms with Crippen molar-refractivity contribution in [2.24, 2.45) is 29.5 Å². The van der Waals surface area contributed by atoms with E-state index in [1.165, 1.54) is 69.1 Å². The highest BCUT2D eigenvalue weighted by Gasteiger charge is 2.23. The molecule has 13 aromatic rings. The molecule has 2 aliphatic rings. The topological polar surface area (TPSA) is 301 Å². The van der Waals surface area contributed by atoms with E-state index >= 15 is 0 Å². The highest BCUT2D eigenvalue weighted by atomic mass is 16.7. The number of carbonyl (C=O) groups is 5. The molecule has 0 saturated carbocycles. The van der Waals surface area contributed by atoms with Crippen molar-refractivity contribution in [3.63, 3.8) is 0 Å². The van der Waals surface area contributed by atoms with Crippen molar-refractivity contribution in [2.45, 2.75) is 45.6 Å². The zero-order valence-electron chi connectivity index (χ0n) is 61.9. The number of aromatic nitrogens is 3. The highest BCUT2D eigenvalue weighted by molar-refractivity contribution is 5.96. The maximum atomic E-state index is 11.4. The van der Waals surface area contributed by atoms with Crippen LogP contribution in [-0.4, -0.2) is 70.9 Å². The maximum Gasteiger partial charge on any atom is 0.356 e. The minimum absolute atomic E-state index is 0.491. The highest BCUT2D eigenvalue weighted by Crippen LogP contribution is 2.35. The first-order valence-electron chi connectivity index (χ1n) is 35.9. The average molecular weight is 1500 g/mol. The lowest BCUT2D eigenvalue weighted by Gasteiger charge is -2.20. The third-order valence-corrected chi connectivity index (χ3v) is 18.7. The van der Waals surface area contributed by atoms with Crippen molar-refractivity contribution in [1.82, 2.24) is 13.7 Å². The molecule has 5 heterocycles. The van der Waals surface area contributed by atoms with Crippen molar-refractivity contribution < 1.29 is 57.6 Å². The third kappa shape index (κ3) is 21.5. The van der Waals surface area contributed by atoms with Crippen molar-refractivity contribution in [1.29, 1.82) is 0 Å². The SMILES string of the molecule is COc1ccc(CN2CCc3cc(/C=C/C(=O)ON)ccc32)cc1OC.NOC(=O)/C=C/c1ccc2ccn(Cc3ccccc3)c2c1.NOC(=O)/C=C/c1cccc2c1ccn2Cc1ccccc1.NOC(=O)/C=C/c1cccc2ccn(Cc3ccccc3)c12.NOC(=O)c1ccc2c(c1)CCN2Cc1ccccc1. The number of para-hydroxylation sites is 1. The van der Waals surface area contributed by atoms with Gasteiger partial charge in [0.1, 0.15) is 0 Å². The van der Waals surface area contributed by atoms with Gasteiger partial charge in [-0.25, -0.2) is 24.0 Å². The predicted molar refractivity (Wildman–Crippen MR) is 438 cm³/mol. The molecule has 0 atom stereocenters. The Labute approximate surface area is 648 Å². The van der Waals surface area contributed by atoms with E-state index in [1.54, 1.807) is 44.6 Å². The third-order valence-electron chi connectivity index (χ3n) is 18.7. The van der Waals surface area contributed by atoms with Gasteiger partial charge in [0, 0.05) is 122 Å². The number of hydrogen-bond acceptors (Lipinski definition) is 19. The number of rotatable bonds is 21. The first-order valence-corrected chi connectivity index (χ1v) is 35.9. The zero-order valence-corrected chi connectivity index (χ0v) is 61.9. The molecule has 0 radical (unpaired) electrons. The van der Waals surface area contributed by atoms with E-state index in [2.05, 4.69) is 157 Å². The molecule has 112 heavy (non-hydrogen) atoms. The van der Waals surface area contributed by atoms with Gasteiger partial charge in [0.25, 0.3) is 0 Å². The van der Waals surface area contributed by atoms with Gasteiger partial charge in [0.15, 0.2) is 11.5 Å². The Hall–Kier alpha value is -13.9. The summed E-state index contributed by atoms with van der Waals surface area (Å²) >= 11 is 0. The van der Waals surface area contributed by atoms with E-state index in [-0.39, 0.29) is 0 Å². The number of nitrogens with two attached hydrogens (primary N) is 5. The monoisotopic (exact) mass is 1500 g/mol. The predicted octanol–water partition coefficient (Wildman–Crippen LogP) is 14.3. The van der Waals surface area contributed by atoms with Crippen LogP contribution in [0.1, 0.15) is 71.6 Å². The molecule has 10 N–H and O–H groups in total. The molecule has 0 unspecified atom stereocenters. The number of methoxy groups -OCH3 is 2. The lowest BCUT2D eigenvalue weighted by Crippen LogP contribution is -2.19. The van der Waals surface area contributed by atoms with Crippen LogP contribution in [0.3, 0.4) is 0 Å². The average Bonchev–Trinajstić information content (AvgIpc) is 1.59. The summed E-state index contributed by atoms with van der Waals surface area (Å²) in [6.07, 6.45) is 20.2. The molecule has 15 rings (SSSR count). The molecule has 0 aliphatic carbocycles. The summed E-state index contributed by atoms with van der Waals surface area (Å²) in [6, 6.07) is 83.1. The smallest absolute Gasteiger partial charge is 0.356 e. The second kappa shape index (κ2) is 39.8. The largest absolute Gasteiger partial charge is 0.493 e. The van der Waals surface area contributed by atoms with E-state index in [9.17, 15) is 24.0 Å². The summed E-state index contributed by atoms with van der Waals surface area (Å²) in [6.45, 7) is 5.98. The Kier molecular flexibility index (Phi) is 28.2. The van der Waals surface area contributed by atoms with Crippen molar-refractivity contribution in [3.05, 3.63) is 358 Å². The maximum absolute atomic E-state index is 11.4. The van der Waals surface area contributed by atoms with Crippen molar-refractivity contribution >= 4 is 98.2 Å². The van der Waals surface area contributed by atoms with Gasteiger partial charge < -0.3 is 57.2 Å². The van der Waals surface area contributed by atoms with Crippen LogP contribution in [0, 0.1) is 0 Å². The molecule has 10 aromatic carbocycles. The summed E-state index contributed by atoms with van der Waals surface area (Å²) in [7, 11) is 3.27. The van der Waals surface area contributed by atoms with Gasteiger partial charge in [-0.3, -0.25) is 0 Å². The second-order valence-corrected chi connectivity index (χ2v) is 25.9. The molecule has 568 valence electrons. The van der Waals surface area contributed by atoms with Crippen LogP contribution in [0.5, 0.6) is 11.5 Å². The van der Waals surface area contributed by atoms with Crippen LogP contribution in [0.15, 0.2) is 292 Å². The Morgan fingerprint density at radius 3 is 1.38 bits per heavy atom. The van der Waals surface area contributed by atoms with E-state index in [4.69, 9.17) is 39.0 Å². The Balaban J connectivity index is 0.000000139. The number of carbonyl (C=O) groups excluding carboxylic acids is 5. The van der Waals surface area contributed by atoms with Crippen LogP contribution in [-0.2, 0) is 88.9 Å². The molecule has 3 aromatic heterocycles. The normalized spacial score (nSPS) is 11.9. The molecule has 2 aliphatic heterocycles. The first-order chi connectivity index (χ1) is 54.7. The van der Waals surface area contributed by atoms with E-state index < -0.39 is 29.8 Å². The molecule has 0 bridgehead atoms. The Bertz CT molecular complexity index is 5440. The number of nitrogens with zero attached hydrogens (tertiary/aromatic N) is 5. The van der Waals surface area contributed by atoms with E-state index in [1.807, 2.05) is 152 Å². The Morgan fingerprint density at radius 1 is 0.357 bits per heavy atom. The molecular formula is C90H86N10O12. The molecule has 22 nitrogen and oxygen atoms in total. The summed E-state index contributed by atoms with van der Waals surface area (Å²) in [5.74, 6) is 22.9. The van der Waals surface area contributed by atoms with Gasteiger partial charge in [-0.05, 0) is 177 Å². The minimum Gasteiger partial charge on any atom is -0.493 e. The Morgan fingerprint density at radius 2 is 0.812 bits per heavy atom. The zero-order chi connectivity index (χ0) is 78.6. The number of hydrogen-bond donors (Lipinski definition) is 5. The molecule has 0 saturated heterocycles. The fraction of sp³-hybridized carbons (Fsp3) is 0.122. The summed E-state index contributed by atoms with van der Waals surface area (Å²) in [5.41, 5.74) is 18.6. The summed E-state index contributed by atoms with van der Waals surface area (Å²) in [4.78, 5) is 81.4. The molecular weight excluding hydrogens is 1410 g/mol. The van der Waals surface area contributed by atoms with Gasteiger partial charge in [-0.15, -0.1) is 0 Å². The van der Waals surface area contributed by atoms with Gasteiger partial charge in [-0.2, -0.15) is 29.5 Å². The number of benzene rings is 10. The lowest BCUT2D eigenvalue weighted by atomic mass is 10.1. The lowest BCUT2D eigenvalue weighted by molar-refractivity contribution is -0.139. The standard InChI is InChI=1S/C20H22N2O4.3C18H16N2O2.C16H16N2O2/c1-24-18-7-4-15(12-19(18)25-2)13-22-10-9-16-11-14(3-6-17(16)22)5-8-20(23)26-21;19-22-18(21)10-9-15-7-4-8-17-16(15)11-12-20(17)13-14-5-2-1-3-6-14;19-22-17(21)10-9-15-7-4-8-16-11-12-20(18(15)16)13-14-5-2-1-3-6-14;19-22-18(21)9-7-14-6-8-16-10-11-20(17(16)12-14)13-15-4-2-1-3-5-15;17-20-16(19)14-6-7-15-13(10-14)8-9-18(15)11-12-4-2-1-3-5-12/h3-8,11-12H,9-10,13,21H2,1-2H3;3*1-12H,13,19H2;1-7,10H,8-9,11,17H2/b8-5+;2*10-9+;9-7+;. The fourth-order valence-corrected chi connectivity index (χ4v) is 13.3. The van der Waals surface area contributed by atoms with Gasteiger partial charge in [-0.1, -0.05) is 176 Å². The second-order valence-electron chi connectivity index (χ2n) is 25.9. The van der Waals surface area contributed by atoms with Crippen molar-refractivity contribution in [2.75, 3.05) is 37.1 Å². The number of anilines is 2. The van der Waals surface area contributed by atoms with Crippen LogP contribution in [0.4, 0.5) is 11.4 Å². The van der Waals surface area contributed by atoms with Crippen LogP contribution in [0.2, 0.25) is 0 Å². The van der Waals surface area contributed by atoms with Gasteiger partial charge in [0.05, 0.1) is 25.3 Å². The number of fused-ring (bicyclic) bond motifs is 5. The van der Waals surface area contributed by atoms with Crippen LogP contribution in [0.25, 0.3) is 57.0 Å². The van der Waals surface area contributed by atoms with Crippen molar-refractivity contribution in [3.8, 4) is 11.5 Å². The van der Waals surface area contributed by atoms with Crippen LogP contribution < -0.4 is 48.8 Å². The number of ether oxygens (including phenoxy) is 2. The molecule has 0 spiro atoms. The quantitative estimate of drug-likeness (QED) is 0.0330. The molecule has 22 heteroatoms. The summed E-state index contributed by atoms with van der Waals surface area (Å²) in [5, 5.41) is 3.37. The fourth-order valence-electron chi connectivity index (χ4n) is 13.3. The van der Waals surface area contributed by atoms with Gasteiger partial charge >= 0.3 is 29.8 Å². The molecule has 0 amide bonds. The van der Waals surface area contributed by atoms with E-state index in [0.717, 1.165) is 131 Å². The minimum atomic E-state index is -0.571. The van der Waals surface area contributed by atoms with Crippen LogP contribution >= 0.6 is 0 Å².